The molecule has 0 fully saturated rings. The molecule has 0 spiro atoms. The minimum absolute atomic E-state index is 0.179. The maximum Gasteiger partial charge on any atom is 0.259 e. The van der Waals surface area contributed by atoms with Crippen molar-refractivity contribution in [1.29, 1.82) is 0 Å². The van der Waals surface area contributed by atoms with Gasteiger partial charge in [-0.3, -0.25) is 9.59 Å². The number of nitrogens with zero attached hydrogens (tertiary/aromatic N) is 3. The van der Waals surface area contributed by atoms with E-state index in [0.29, 0.717) is 39.3 Å². The predicted octanol–water partition coefficient (Wildman–Crippen LogP) is 6.28. The fourth-order valence-electron chi connectivity index (χ4n) is 4.28. The van der Waals surface area contributed by atoms with Crippen molar-refractivity contribution in [3.05, 3.63) is 113 Å². The number of carbonyl (C=O) groups excluding carboxylic acids is 2. The van der Waals surface area contributed by atoms with Gasteiger partial charge >= 0.3 is 0 Å². The molecule has 5 rings (SSSR count). The van der Waals surface area contributed by atoms with E-state index in [4.69, 9.17) is 4.52 Å². The molecule has 1 N–H and O–H groups in total. The Morgan fingerprint density at radius 3 is 2.35 bits per heavy atom. The van der Waals surface area contributed by atoms with Crippen molar-refractivity contribution in [3.63, 3.8) is 0 Å². The Balaban J connectivity index is 1.44. The molecule has 1 unspecified atom stereocenters. The van der Waals surface area contributed by atoms with Crippen LogP contribution in [0.5, 0.6) is 0 Å². The summed E-state index contributed by atoms with van der Waals surface area (Å²) in [6.45, 7) is 3.75. The third-order valence-corrected chi connectivity index (χ3v) is 6.48. The molecule has 0 bridgehead atoms. The lowest BCUT2D eigenvalue weighted by atomic mass is 10.0. The van der Waals surface area contributed by atoms with E-state index < -0.39 is 0 Å². The van der Waals surface area contributed by atoms with E-state index in [1.54, 1.807) is 37.1 Å². The lowest BCUT2D eigenvalue weighted by Gasteiger charge is -2.26. The highest BCUT2D eigenvalue weighted by Crippen LogP contribution is 2.30. The van der Waals surface area contributed by atoms with Gasteiger partial charge in [0.15, 0.2) is 0 Å². The van der Waals surface area contributed by atoms with Gasteiger partial charge in [-0.15, -0.1) is 0 Å². The van der Waals surface area contributed by atoms with Crippen molar-refractivity contribution in [3.8, 4) is 11.3 Å². The van der Waals surface area contributed by atoms with Gasteiger partial charge in [0.05, 0.1) is 28.4 Å². The molecule has 0 aliphatic rings. The minimum atomic E-state index is -0.273. The molecule has 7 nitrogen and oxygen atoms in total. The maximum absolute atomic E-state index is 13.8. The molecule has 2 heterocycles. The van der Waals surface area contributed by atoms with Crippen molar-refractivity contribution >= 4 is 28.6 Å². The van der Waals surface area contributed by atoms with Crippen LogP contribution in [0.4, 0.5) is 5.69 Å². The second-order valence-electron chi connectivity index (χ2n) is 8.91. The van der Waals surface area contributed by atoms with Gasteiger partial charge in [0.2, 0.25) is 0 Å². The summed E-state index contributed by atoms with van der Waals surface area (Å²) in [6.07, 6.45) is 0. The summed E-state index contributed by atoms with van der Waals surface area (Å²) >= 11 is 0. The number of anilines is 1. The molecule has 0 saturated heterocycles. The van der Waals surface area contributed by atoms with E-state index in [1.165, 1.54) is 0 Å². The Labute approximate surface area is 214 Å². The van der Waals surface area contributed by atoms with Crippen LogP contribution in [-0.4, -0.2) is 33.9 Å². The van der Waals surface area contributed by atoms with Crippen molar-refractivity contribution in [2.45, 2.75) is 19.9 Å². The minimum Gasteiger partial charge on any atom is -0.335 e. The summed E-state index contributed by atoms with van der Waals surface area (Å²) in [4.78, 5) is 32.7. The first kappa shape index (κ1) is 23.9. The number of nitrogens with one attached hydrogen (secondary N) is 1. The van der Waals surface area contributed by atoms with Gasteiger partial charge in [0, 0.05) is 23.9 Å². The SMILES string of the molecule is Cc1noc2nc(-c3ccccc3)cc(C(=O)N(C)C(C)c3cccc(NC(=O)c4ccccc4)c3)c12. The van der Waals surface area contributed by atoms with Gasteiger partial charge in [-0.1, -0.05) is 65.8 Å². The highest BCUT2D eigenvalue weighted by molar-refractivity contribution is 6.07. The van der Waals surface area contributed by atoms with E-state index in [1.807, 2.05) is 79.7 Å². The monoisotopic (exact) mass is 490 g/mol. The first-order valence-corrected chi connectivity index (χ1v) is 12.0. The Morgan fingerprint density at radius 1 is 0.919 bits per heavy atom. The third kappa shape index (κ3) is 4.84. The van der Waals surface area contributed by atoms with E-state index >= 15 is 0 Å². The Kier molecular flexibility index (Phi) is 6.51. The van der Waals surface area contributed by atoms with E-state index in [-0.39, 0.29) is 17.9 Å². The number of benzene rings is 3. The van der Waals surface area contributed by atoms with Crippen LogP contribution in [0.25, 0.3) is 22.4 Å². The van der Waals surface area contributed by atoms with Crippen LogP contribution in [0.2, 0.25) is 0 Å². The van der Waals surface area contributed by atoms with Crippen molar-refractivity contribution in [2.24, 2.45) is 0 Å². The largest absolute Gasteiger partial charge is 0.335 e. The summed E-state index contributed by atoms with van der Waals surface area (Å²) in [6, 6.07) is 27.7. The number of pyridine rings is 1. The first-order chi connectivity index (χ1) is 17.9. The Morgan fingerprint density at radius 2 is 1.62 bits per heavy atom. The summed E-state index contributed by atoms with van der Waals surface area (Å²) in [5.74, 6) is -0.368. The van der Waals surface area contributed by atoms with Gasteiger partial charge in [-0.2, -0.15) is 0 Å². The third-order valence-electron chi connectivity index (χ3n) is 6.48. The molecular formula is C30H26N4O3. The van der Waals surface area contributed by atoms with Crippen LogP contribution >= 0.6 is 0 Å². The molecule has 3 aromatic carbocycles. The van der Waals surface area contributed by atoms with E-state index in [0.717, 1.165) is 11.1 Å². The van der Waals surface area contributed by atoms with Crippen molar-refractivity contribution < 1.29 is 14.1 Å². The zero-order valence-electron chi connectivity index (χ0n) is 20.8. The molecule has 1 atom stereocenters. The fourth-order valence-corrected chi connectivity index (χ4v) is 4.28. The van der Waals surface area contributed by atoms with Crippen LogP contribution in [-0.2, 0) is 0 Å². The molecule has 0 saturated carbocycles. The molecule has 184 valence electrons. The Hall–Kier alpha value is -4.78. The lowest BCUT2D eigenvalue weighted by molar-refractivity contribution is 0.0744. The first-order valence-electron chi connectivity index (χ1n) is 12.0. The van der Waals surface area contributed by atoms with Crippen LogP contribution in [0, 0.1) is 6.92 Å². The molecule has 0 radical (unpaired) electrons. The number of aromatic nitrogens is 2. The topological polar surface area (TPSA) is 88.3 Å². The van der Waals surface area contributed by atoms with Crippen molar-refractivity contribution in [2.75, 3.05) is 12.4 Å². The number of rotatable bonds is 6. The van der Waals surface area contributed by atoms with Gasteiger partial charge in [-0.05, 0) is 49.7 Å². The number of hydrogen-bond acceptors (Lipinski definition) is 5. The zero-order valence-corrected chi connectivity index (χ0v) is 20.8. The van der Waals surface area contributed by atoms with Crippen LogP contribution in [0.15, 0.2) is 95.5 Å². The second-order valence-corrected chi connectivity index (χ2v) is 8.91. The van der Waals surface area contributed by atoms with Gasteiger partial charge < -0.3 is 14.7 Å². The number of amides is 2. The fraction of sp³-hybridized carbons (Fsp3) is 0.133. The highest BCUT2D eigenvalue weighted by atomic mass is 16.5. The summed E-state index contributed by atoms with van der Waals surface area (Å²) < 4.78 is 5.44. The highest BCUT2D eigenvalue weighted by Gasteiger charge is 2.25. The van der Waals surface area contributed by atoms with Crippen LogP contribution < -0.4 is 5.32 Å². The quantitative estimate of drug-likeness (QED) is 0.302. The van der Waals surface area contributed by atoms with Gasteiger partial charge in [0.1, 0.15) is 0 Å². The lowest BCUT2D eigenvalue weighted by Crippen LogP contribution is -2.30. The van der Waals surface area contributed by atoms with Crippen LogP contribution in [0.1, 0.15) is 44.9 Å². The Bertz CT molecular complexity index is 1580. The maximum atomic E-state index is 13.8. The smallest absolute Gasteiger partial charge is 0.259 e. The number of fused-ring (bicyclic) bond motifs is 1. The number of hydrogen-bond donors (Lipinski definition) is 1. The summed E-state index contributed by atoms with van der Waals surface area (Å²) in [7, 11) is 1.76. The molecule has 2 amide bonds. The summed E-state index contributed by atoms with van der Waals surface area (Å²) in [5.41, 5.74) is 5.05. The molecule has 0 aliphatic heterocycles. The standard InChI is InChI=1S/C30H26N4O3/c1-19-27-25(18-26(32-29(27)37-33-19)21-11-6-4-7-12-21)30(36)34(3)20(2)23-15-10-16-24(17-23)31-28(35)22-13-8-5-9-14-22/h4-18,20H,1-3H3,(H,31,35). The number of aryl methyl sites for hydroxylation is 1. The van der Waals surface area contributed by atoms with Crippen LogP contribution in [0.3, 0.4) is 0 Å². The zero-order chi connectivity index (χ0) is 25.9. The normalized spacial score (nSPS) is 11.8. The number of carbonyl (C=O) groups is 2. The average Bonchev–Trinajstić information content (AvgIpc) is 3.33. The molecule has 37 heavy (non-hydrogen) atoms. The van der Waals surface area contributed by atoms with Crippen molar-refractivity contribution in [1.82, 2.24) is 15.0 Å². The average molecular weight is 491 g/mol. The van der Waals surface area contributed by atoms with E-state index in [2.05, 4.69) is 15.5 Å². The second kappa shape index (κ2) is 10.1. The molecule has 2 aromatic heterocycles. The molecule has 5 aromatic rings. The summed E-state index contributed by atoms with van der Waals surface area (Å²) in [5, 5.41) is 7.59. The molecule has 7 heteroatoms. The van der Waals surface area contributed by atoms with E-state index in [9.17, 15) is 9.59 Å². The predicted molar refractivity (Wildman–Crippen MR) is 143 cm³/mol. The van der Waals surface area contributed by atoms with Gasteiger partial charge in [-0.25, -0.2) is 4.98 Å². The van der Waals surface area contributed by atoms with Gasteiger partial charge in [0.25, 0.3) is 17.5 Å². The molecule has 0 aliphatic carbocycles. The molecular weight excluding hydrogens is 464 g/mol.